The van der Waals surface area contributed by atoms with Crippen LogP contribution in [-0.4, -0.2) is 76.6 Å². The van der Waals surface area contributed by atoms with Crippen LogP contribution in [0, 0.1) is 11.3 Å². The Morgan fingerprint density at radius 1 is 1.32 bits per heavy atom. The number of benzene rings is 1. The Morgan fingerprint density at radius 3 is 2.70 bits per heavy atom. The molecule has 216 valence electrons. The third kappa shape index (κ3) is 6.49. The summed E-state index contributed by atoms with van der Waals surface area (Å²) in [5, 5.41) is 13.8. The summed E-state index contributed by atoms with van der Waals surface area (Å²) >= 11 is 1.09. The monoisotopic (exact) mass is 595 g/mol. The molecule has 1 aromatic carbocycles. The number of anilines is 1. The van der Waals surface area contributed by atoms with Crippen molar-refractivity contribution >= 4 is 50.2 Å². The number of hydrogen-bond donors (Lipinski definition) is 4. The van der Waals surface area contributed by atoms with Gasteiger partial charge in [0, 0.05) is 24.9 Å². The highest BCUT2D eigenvalue weighted by Gasteiger charge is 2.57. The molecule has 4 rings (SSSR count). The summed E-state index contributed by atoms with van der Waals surface area (Å²) in [5.41, 5.74) is 12.3. The van der Waals surface area contributed by atoms with E-state index in [9.17, 15) is 18.0 Å². The first kappa shape index (κ1) is 29.2. The quantitative estimate of drug-likeness (QED) is 0.0704. The normalized spacial score (nSPS) is 18.6. The SMILES string of the molecule is CC1(C)[C@H](CC(=O)/C(=N\OCCOc2ccc3c(c2)CCN(C(=N)N)C3)c2csc(N)n2)C(=O)N1OS(=O)(=O)O. The molecular formula is C23H29N7O8S2. The fourth-order valence-corrected chi connectivity index (χ4v) is 5.42. The summed E-state index contributed by atoms with van der Waals surface area (Å²) in [6, 6.07) is 5.66. The predicted molar refractivity (Wildman–Crippen MR) is 144 cm³/mol. The lowest BCUT2D eigenvalue weighted by Gasteiger charge is -2.50. The van der Waals surface area contributed by atoms with Crippen molar-refractivity contribution in [2.45, 2.75) is 38.8 Å². The van der Waals surface area contributed by atoms with Gasteiger partial charge in [-0.15, -0.1) is 15.6 Å². The number of hydroxylamine groups is 2. The number of thiazole rings is 1. The molecule has 0 saturated carbocycles. The number of hydrogen-bond acceptors (Lipinski definition) is 12. The number of nitrogen functional groups attached to an aromatic ring is 1. The Balaban J connectivity index is 1.36. The highest BCUT2D eigenvalue weighted by atomic mass is 32.3. The average molecular weight is 596 g/mol. The molecule has 1 fully saturated rings. The number of fused-ring (bicyclic) bond motifs is 1. The van der Waals surface area contributed by atoms with Gasteiger partial charge in [-0.05, 0) is 43.5 Å². The van der Waals surface area contributed by atoms with Gasteiger partial charge in [-0.1, -0.05) is 11.2 Å². The fourth-order valence-electron chi connectivity index (χ4n) is 4.42. The van der Waals surface area contributed by atoms with Gasteiger partial charge in [0.25, 0.3) is 5.91 Å². The van der Waals surface area contributed by atoms with E-state index in [4.69, 9.17) is 31.0 Å². The molecule has 0 bridgehead atoms. The minimum absolute atomic E-state index is 0.00454. The number of carbonyl (C=O) groups excluding carboxylic acids is 2. The van der Waals surface area contributed by atoms with Crippen LogP contribution in [0.4, 0.5) is 5.13 Å². The minimum atomic E-state index is -4.92. The van der Waals surface area contributed by atoms with Crippen LogP contribution in [-0.2, 0) is 42.1 Å². The van der Waals surface area contributed by atoms with Crippen LogP contribution in [0.2, 0.25) is 0 Å². The largest absolute Gasteiger partial charge is 0.490 e. The molecule has 0 unspecified atom stereocenters. The van der Waals surface area contributed by atoms with Gasteiger partial charge < -0.3 is 25.9 Å². The van der Waals surface area contributed by atoms with E-state index in [-0.39, 0.29) is 42.1 Å². The van der Waals surface area contributed by atoms with Crippen LogP contribution in [0.15, 0.2) is 28.7 Å². The smallest absolute Gasteiger partial charge is 0.418 e. The van der Waals surface area contributed by atoms with E-state index < -0.39 is 33.5 Å². The Bertz CT molecular complexity index is 1460. The molecule has 3 heterocycles. The molecule has 0 radical (unpaired) electrons. The van der Waals surface area contributed by atoms with E-state index in [1.807, 2.05) is 18.2 Å². The van der Waals surface area contributed by atoms with Crippen molar-refractivity contribution in [3.63, 3.8) is 0 Å². The van der Waals surface area contributed by atoms with Crippen molar-refractivity contribution in [1.82, 2.24) is 14.9 Å². The zero-order valence-corrected chi connectivity index (χ0v) is 23.3. The van der Waals surface area contributed by atoms with Crippen molar-refractivity contribution in [2.75, 3.05) is 25.5 Å². The van der Waals surface area contributed by atoms with Crippen molar-refractivity contribution in [2.24, 2.45) is 16.8 Å². The third-order valence-corrected chi connectivity index (χ3v) is 7.60. The first-order valence-electron chi connectivity index (χ1n) is 12.1. The summed E-state index contributed by atoms with van der Waals surface area (Å²) in [6.07, 6.45) is 0.388. The number of ketones is 1. The maximum atomic E-state index is 13.1. The number of oxime groups is 1. The first-order chi connectivity index (χ1) is 18.8. The molecule has 1 saturated heterocycles. The summed E-state index contributed by atoms with van der Waals surface area (Å²) in [4.78, 5) is 36.8. The Morgan fingerprint density at radius 2 is 2.08 bits per heavy atom. The number of amides is 1. The van der Waals surface area contributed by atoms with Crippen molar-refractivity contribution in [3.05, 3.63) is 40.4 Å². The van der Waals surface area contributed by atoms with Gasteiger partial charge in [0.15, 0.2) is 29.2 Å². The van der Waals surface area contributed by atoms with E-state index in [1.165, 1.54) is 19.2 Å². The first-order valence-corrected chi connectivity index (χ1v) is 14.3. The van der Waals surface area contributed by atoms with Gasteiger partial charge in [-0.25, -0.2) is 4.98 Å². The summed E-state index contributed by atoms with van der Waals surface area (Å²) in [7, 11) is -4.92. The average Bonchev–Trinajstić information content (AvgIpc) is 3.32. The summed E-state index contributed by atoms with van der Waals surface area (Å²) in [5.74, 6) is -1.65. The number of rotatable bonds is 11. The maximum Gasteiger partial charge on any atom is 0.418 e. The molecule has 6 N–H and O–H groups in total. The van der Waals surface area contributed by atoms with Crippen LogP contribution in [0.5, 0.6) is 5.75 Å². The number of nitrogens with two attached hydrogens (primary N) is 2. The third-order valence-electron chi connectivity index (χ3n) is 6.59. The number of ether oxygens (including phenoxy) is 1. The van der Waals surface area contributed by atoms with E-state index in [0.717, 1.165) is 28.9 Å². The highest BCUT2D eigenvalue weighted by Crippen LogP contribution is 2.40. The number of guanidine groups is 1. The number of Topliss-reactive ketones (excluding diaryl/α,β-unsaturated/α-hetero) is 1. The second-order valence-electron chi connectivity index (χ2n) is 9.65. The number of nitrogens with zero attached hydrogens (tertiary/aromatic N) is 4. The maximum absolute atomic E-state index is 13.1. The molecule has 0 spiro atoms. The molecule has 1 atom stereocenters. The van der Waals surface area contributed by atoms with E-state index >= 15 is 0 Å². The van der Waals surface area contributed by atoms with Crippen LogP contribution in [0.3, 0.4) is 0 Å². The Kier molecular flexibility index (Phi) is 8.29. The van der Waals surface area contributed by atoms with Crippen LogP contribution >= 0.6 is 11.3 Å². The molecule has 17 heteroatoms. The molecule has 1 amide bonds. The molecule has 2 aliphatic rings. The number of carbonyl (C=O) groups is 2. The van der Waals surface area contributed by atoms with E-state index in [1.54, 1.807) is 4.90 Å². The second kappa shape index (κ2) is 11.4. The fraction of sp³-hybridized carbons (Fsp3) is 0.435. The molecular weight excluding hydrogens is 566 g/mol. The molecule has 2 aliphatic heterocycles. The Labute approximate surface area is 234 Å². The zero-order valence-electron chi connectivity index (χ0n) is 21.7. The van der Waals surface area contributed by atoms with Crippen LogP contribution in [0.25, 0.3) is 0 Å². The number of aromatic nitrogens is 1. The van der Waals surface area contributed by atoms with Crippen molar-refractivity contribution in [3.8, 4) is 5.75 Å². The molecule has 2 aromatic rings. The number of β-lactam (4-membered cyclic amide) rings is 1. The van der Waals surface area contributed by atoms with Gasteiger partial charge in [-0.2, -0.15) is 13.5 Å². The predicted octanol–water partition coefficient (Wildman–Crippen LogP) is 0.707. The summed E-state index contributed by atoms with van der Waals surface area (Å²) in [6.45, 7) is 4.31. The van der Waals surface area contributed by atoms with E-state index in [0.29, 0.717) is 23.9 Å². The van der Waals surface area contributed by atoms with Crippen LogP contribution < -0.4 is 16.2 Å². The van der Waals surface area contributed by atoms with Gasteiger partial charge in [0.2, 0.25) is 0 Å². The lowest BCUT2D eigenvalue weighted by Crippen LogP contribution is -2.68. The lowest BCUT2D eigenvalue weighted by atomic mass is 9.74. The summed E-state index contributed by atoms with van der Waals surface area (Å²) < 4.78 is 41.1. The topological polar surface area (TPSA) is 224 Å². The lowest BCUT2D eigenvalue weighted by molar-refractivity contribution is -0.228. The highest BCUT2D eigenvalue weighted by molar-refractivity contribution is 7.80. The van der Waals surface area contributed by atoms with Crippen molar-refractivity contribution in [1.29, 1.82) is 5.41 Å². The van der Waals surface area contributed by atoms with Gasteiger partial charge >= 0.3 is 10.4 Å². The molecule has 40 heavy (non-hydrogen) atoms. The van der Waals surface area contributed by atoms with Crippen molar-refractivity contribution < 1.29 is 36.4 Å². The van der Waals surface area contributed by atoms with Gasteiger partial charge in [0.05, 0.1) is 11.5 Å². The molecule has 15 nitrogen and oxygen atoms in total. The minimum Gasteiger partial charge on any atom is -0.490 e. The van der Waals surface area contributed by atoms with E-state index in [2.05, 4.69) is 14.4 Å². The van der Waals surface area contributed by atoms with Gasteiger partial charge in [-0.3, -0.25) is 19.6 Å². The Hall–Kier alpha value is -3.80. The zero-order chi connectivity index (χ0) is 29.2. The molecule has 0 aliphatic carbocycles. The second-order valence-corrected chi connectivity index (χ2v) is 11.5. The standard InChI is InChI=1S/C23H29N7O8S2/c1-23(2)16(20(32)30(23)38-40(33,34)35)10-18(31)19(17-12-39-22(26)27-17)28-37-8-7-36-15-4-3-14-11-29(21(24)25)6-5-13(14)9-15/h3-4,9,12,16H,5-8,10-11H2,1-2H3,(H3,24,25)(H2,26,27)(H,33,34,35)/b28-19-/t16-/m1/s1. The van der Waals surface area contributed by atoms with Crippen LogP contribution in [0.1, 0.15) is 37.1 Å². The number of nitrogens with one attached hydrogen (secondary N) is 1. The van der Waals surface area contributed by atoms with Gasteiger partial charge in [0.1, 0.15) is 18.1 Å². The molecule has 1 aromatic heterocycles.